The molecule has 0 aromatic heterocycles. The van der Waals surface area contributed by atoms with E-state index in [2.05, 4.69) is 22.6 Å². The number of halogens is 2. The lowest BCUT2D eigenvalue weighted by atomic mass is 10.0. The summed E-state index contributed by atoms with van der Waals surface area (Å²) >= 11 is 2.18. The van der Waals surface area contributed by atoms with E-state index >= 15 is 0 Å². The highest BCUT2D eigenvalue weighted by Gasteiger charge is 2.13. The Kier molecular flexibility index (Phi) is 4.76. The molecule has 2 aromatic carbocycles. The third kappa shape index (κ3) is 3.45. The Bertz CT molecular complexity index is 572. The van der Waals surface area contributed by atoms with Gasteiger partial charge in [0.2, 0.25) is 0 Å². The molecule has 0 aliphatic rings. The number of benzene rings is 2. The van der Waals surface area contributed by atoms with E-state index in [1.54, 1.807) is 12.1 Å². The Morgan fingerprint density at radius 2 is 2.00 bits per heavy atom. The molecule has 1 atom stereocenters. The van der Waals surface area contributed by atoms with E-state index in [1.165, 1.54) is 13.2 Å². The van der Waals surface area contributed by atoms with Gasteiger partial charge in [0.25, 0.3) is 0 Å². The number of rotatable bonds is 4. The van der Waals surface area contributed by atoms with Crippen LogP contribution in [0.1, 0.15) is 17.2 Å². The molecule has 0 fully saturated rings. The minimum atomic E-state index is -0.638. The molecule has 0 amide bonds. The maximum absolute atomic E-state index is 13.6. The first-order valence-corrected chi connectivity index (χ1v) is 6.94. The van der Waals surface area contributed by atoms with Gasteiger partial charge in [-0.1, -0.05) is 24.3 Å². The standard InChI is InChI=1S/C15H14FIO2/c1-19-15-7-6-10(8-12(15)16)9-14(18)11-4-2-3-5-13(11)17/h2-8,14,18H,9H2,1H3. The van der Waals surface area contributed by atoms with Crippen molar-refractivity contribution in [1.82, 2.24) is 0 Å². The predicted octanol–water partition coefficient (Wildman–Crippen LogP) is 3.72. The second-order valence-corrected chi connectivity index (χ2v) is 5.37. The average Bonchev–Trinajstić information content (AvgIpc) is 2.39. The van der Waals surface area contributed by atoms with E-state index in [0.717, 1.165) is 14.7 Å². The molecule has 2 nitrogen and oxygen atoms in total. The van der Waals surface area contributed by atoms with Gasteiger partial charge in [-0.3, -0.25) is 0 Å². The molecule has 4 heteroatoms. The fourth-order valence-electron chi connectivity index (χ4n) is 1.92. The van der Waals surface area contributed by atoms with Crippen molar-refractivity contribution in [2.45, 2.75) is 12.5 Å². The van der Waals surface area contributed by atoms with Crippen LogP contribution < -0.4 is 4.74 Å². The van der Waals surface area contributed by atoms with Crippen molar-refractivity contribution in [3.63, 3.8) is 0 Å². The third-order valence-electron chi connectivity index (χ3n) is 2.91. The van der Waals surface area contributed by atoms with Gasteiger partial charge in [0.1, 0.15) is 0 Å². The van der Waals surface area contributed by atoms with Gasteiger partial charge in [-0.05, 0) is 51.9 Å². The first kappa shape index (κ1) is 14.3. The molecule has 100 valence electrons. The van der Waals surface area contributed by atoms with E-state index in [0.29, 0.717) is 6.42 Å². The minimum absolute atomic E-state index is 0.215. The van der Waals surface area contributed by atoms with Crippen LogP contribution in [0.25, 0.3) is 0 Å². The second-order valence-electron chi connectivity index (χ2n) is 4.21. The average molecular weight is 372 g/mol. The second kappa shape index (κ2) is 6.34. The van der Waals surface area contributed by atoms with Crippen LogP contribution in [-0.2, 0) is 6.42 Å². The normalized spacial score (nSPS) is 12.2. The van der Waals surface area contributed by atoms with Crippen molar-refractivity contribution in [1.29, 1.82) is 0 Å². The van der Waals surface area contributed by atoms with Crippen LogP contribution in [-0.4, -0.2) is 12.2 Å². The van der Waals surface area contributed by atoms with E-state index in [4.69, 9.17) is 4.74 Å². The molecule has 0 bridgehead atoms. The van der Waals surface area contributed by atoms with Crippen LogP contribution in [0.15, 0.2) is 42.5 Å². The van der Waals surface area contributed by atoms with Gasteiger partial charge in [-0.15, -0.1) is 0 Å². The van der Waals surface area contributed by atoms with Gasteiger partial charge in [-0.2, -0.15) is 0 Å². The van der Waals surface area contributed by atoms with Crippen molar-refractivity contribution in [2.75, 3.05) is 7.11 Å². The summed E-state index contributed by atoms with van der Waals surface area (Å²) in [6.45, 7) is 0. The molecule has 0 heterocycles. The Morgan fingerprint density at radius 3 is 2.63 bits per heavy atom. The van der Waals surface area contributed by atoms with Crippen molar-refractivity contribution < 1.29 is 14.2 Å². The molecule has 1 N–H and O–H groups in total. The summed E-state index contributed by atoms with van der Waals surface area (Å²) in [5.41, 5.74) is 1.60. The van der Waals surface area contributed by atoms with Crippen LogP contribution in [0, 0.1) is 9.39 Å². The molecule has 0 saturated carbocycles. The fourth-order valence-corrected chi connectivity index (χ4v) is 2.66. The number of hydrogen-bond donors (Lipinski definition) is 1. The van der Waals surface area contributed by atoms with Gasteiger partial charge in [0.15, 0.2) is 11.6 Å². The molecular formula is C15H14FIO2. The summed E-state index contributed by atoms with van der Waals surface area (Å²) in [4.78, 5) is 0. The Morgan fingerprint density at radius 1 is 1.26 bits per heavy atom. The summed E-state index contributed by atoms with van der Waals surface area (Å²) in [5, 5.41) is 10.2. The first-order valence-electron chi connectivity index (χ1n) is 5.86. The van der Waals surface area contributed by atoms with Crippen molar-refractivity contribution in [3.8, 4) is 5.75 Å². The van der Waals surface area contributed by atoms with Crippen LogP contribution in [0.4, 0.5) is 4.39 Å². The zero-order valence-electron chi connectivity index (χ0n) is 10.4. The maximum atomic E-state index is 13.6. The number of methoxy groups -OCH3 is 1. The van der Waals surface area contributed by atoms with Crippen LogP contribution in [0.2, 0.25) is 0 Å². The van der Waals surface area contributed by atoms with Gasteiger partial charge < -0.3 is 9.84 Å². The molecule has 0 aliphatic heterocycles. The number of ether oxygens (including phenoxy) is 1. The van der Waals surface area contributed by atoms with Crippen molar-refractivity contribution in [2.24, 2.45) is 0 Å². The van der Waals surface area contributed by atoms with Gasteiger partial charge in [0.05, 0.1) is 13.2 Å². The zero-order valence-corrected chi connectivity index (χ0v) is 12.6. The fraction of sp³-hybridized carbons (Fsp3) is 0.200. The maximum Gasteiger partial charge on any atom is 0.165 e. The van der Waals surface area contributed by atoms with Crippen LogP contribution in [0.5, 0.6) is 5.75 Å². The molecule has 2 aromatic rings. The number of hydrogen-bond acceptors (Lipinski definition) is 2. The van der Waals surface area contributed by atoms with Crippen LogP contribution >= 0.6 is 22.6 Å². The van der Waals surface area contributed by atoms with Crippen molar-refractivity contribution >= 4 is 22.6 Å². The van der Waals surface area contributed by atoms with E-state index in [9.17, 15) is 9.50 Å². The molecule has 19 heavy (non-hydrogen) atoms. The van der Waals surface area contributed by atoms with E-state index < -0.39 is 11.9 Å². The lowest BCUT2D eigenvalue weighted by molar-refractivity contribution is 0.177. The molecule has 0 aliphatic carbocycles. The Hall–Kier alpha value is -1.14. The Balaban J connectivity index is 2.17. The highest BCUT2D eigenvalue weighted by Crippen LogP contribution is 2.25. The number of aliphatic hydroxyl groups excluding tert-OH is 1. The zero-order chi connectivity index (χ0) is 13.8. The van der Waals surface area contributed by atoms with Crippen LogP contribution in [0.3, 0.4) is 0 Å². The molecule has 2 rings (SSSR count). The van der Waals surface area contributed by atoms with E-state index in [1.807, 2.05) is 24.3 Å². The summed E-state index contributed by atoms with van der Waals surface area (Å²) < 4.78 is 19.4. The highest BCUT2D eigenvalue weighted by molar-refractivity contribution is 14.1. The summed E-state index contributed by atoms with van der Waals surface area (Å²) in [5.74, 6) is -0.192. The number of aliphatic hydroxyl groups is 1. The lowest BCUT2D eigenvalue weighted by Gasteiger charge is -2.13. The van der Waals surface area contributed by atoms with Gasteiger partial charge in [-0.25, -0.2) is 4.39 Å². The summed E-state index contributed by atoms with van der Waals surface area (Å²) in [6, 6.07) is 12.4. The quantitative estimate of drug-likeness (QED) is 0.830. The van der Waals surface area contributed by atoms with Crippen molar-refractivity contribution in [3.05, 3.63) is 63.0 Å². The monoisotopic (exact) mass is 372 g/mol. The molecule has 0 radical (unpaired) electrons. The molecular weight excluding hydrogens is 358 g/mol. The Labute approximate surface area is 125 Å². The molecule has 0 spiro atoms. The SMILES string of the molecule is COc1ccc(CC(O)c2ccccc2I)cc1F. The van der Waals surface area contributed by atoms with Gasteiger partial charge >= 0.3 is 0 Å². The smallest absolute Gasteiger partial charge is 0.165 e. The molecule has 1 unspecified atom stereocenters. The first-order chi connectivity index (χ1) is 9.11. The largest absolute Gasteiger partial charge is 0.494 e. The minimum Gasteiger partial charge on any atom is -0.494 e. The predicted molar refractivity (Wildman–Crippen MR) is 80.8 cm³/mol. The summed E-state index contributed by atoms with van der Waals surface area (Å²) in [7, 11) is 1.43. The highest BCUT2D eigenvalue weighted by atomic mass is 127. The molecule has 0 saturated heterocycles. The topological polar surface area (TPSA) is 29.5 Å². The third-order valence-corrected chi connectivity index (χ3v) is 3.89. The lowest BCUT2D eigenvalue weighted by Crippen LogP contribution is -2.04. The van der Waals surface area contributed by atoms with E-state index in [-0.39, 0.29) is 5.75 Å². The van der Waals surface area contributed by atoms with Gasteiger partial charge in [0, 0.05) is 9.99 Å². The summed E-state index contributed by atoms with van der Waals surface area (Å²) in [6.07, 6.45) is -0.262.